The molecule has 4 heteroatoms. The number of hydrogen-bond donors (Lipinski definition) is 1. The van der Waals surface area contributed by atoms with Gasteiger partial charge in [-0.05, 0) is 36.4 Å². The molecule has 0 heterocycles. The number of amides is 1. The summed E-state index contributed by atoms with van der Waals surface area (Å²) in [6.45, 7) is 3.53. The minimum Gasteiger partial charge on any atom is -0.325 e. The zero-order valence-corrected chi connectivity index (χ0v) is 12.1. The third kappa shape index (κ3) is 5.00. The van der Waals surface area contributed by atoms with Gasteiger partial charge >= 0.3 is 0 Å². The van der Waals surface area contributed by atoms with Gasteiger partial charge in [-0.25, -0.2) is 4.39 Å². The molecule has 2 rings (SSSR count). The van der Waals surface area contributed by atoms with Gasteiger partial charge in [-0.2, -0.15) is 0 Å². The Kier molecular flexibility index (Phi) is 5.46. The Morgan fingerprint density at radius 2 is 1.90 bits per heavy atom. The van der Waals surface area contributed by atoms with Gasteiger partial charge in [0, 0.05) is 12.2 Å². The third-order valence-electron chi connectivity index (χ3n) is 3.17. The normalized spacial score (nSPS) is 10.6. The molecule has 0 atom stereocenters. The second-order valence-electron chi connectivity index (χ2n) is 4.85. The number of likely N-dealkylation sites (N-methyl/N-ethyl adjacent to an activating group) is 1. The van der Waals surface area contributed by atoms with Crippen LogP contribution in [0.25, 0.3) is 0 Å². The summed E-state index contributed by atoms with van der Waals surface area (Å²) in [6, 6.07) is 15.8. The monoisotopic (exact) mass is 286 g/mol. The van der Waals surface area contributed by atoms with Crippen molar-refractivity contribution in [1.29, 1.82) is 0 Å². The van der Waals surface area contributed by atoms with E-state index in [9.17, 15) is 9.18 Å². The molecule has 0 aliphatic carbocycles. The summed E-state index contributed by atoms with van der Waals surface area (Å²) in [4.78, 5) is 14.0. The lowest BCUT2D eigenvalue weighted by Crippen LogP contribution is -2.32. The first-order chi connectivity index (χ1) is 10.2. The van der Waals surface area contributed by atoms with Gasteiger partial charge in [-0.15, -0.1) is 0 Å². The van der Waals surface area contributed by atoms with E-state index in [2.05, 4.69) is 5.32 Å². The van der Waals surface area contributed by atoms with E-state index in [0.717, 1.165) is 17.8 Å². The van der Waals surface area contributed by atoms with Gasteiger partial charge < -0.3 is 5.32 Å². The van der Waals surface area contributed by atoms with Gasteiger partial charge in [-0.3, -0.25) is 9.69 Å². The molecule has 0 aliphatic rings. The molecule has 0 fully saturated rings. The van der Waals surface area contributed by atoms with Crippen LogP contribution in [-0.4, -0.2) is 23.9 Å². The van der Waals surface area contributed by atoms with Crippen LogP contribution in [0, 0.1) is 5.82 Å². The molecular formula is C17H19FN2O. The van der Waals surface area contributed by atoms with Crippen LogP contribution in [-0.2, 0) is 11.3 Å². The Bertz CT molecular complexity index is 586. The number of hydrogen-bond acceptors (Lipinski definition) is 2. The summed E-state index contributed by atoms with van der Waals surface area (Å²) in [6.07, 6.45) is 0. The molecular weight excluding hydrogens is 267 g/mol. The van der Waals surface area contributed by atoms with Crippen LogP contribution in [0.1, 0.15) is 12.5 Å². The van der Waals surface area contributed by atoms with Crippen LogP contribution in [0.4, 0.5) is 10.1 Å². The van der Waals surface area contributed by atoms with Crippen molar-refractivity contribution in [2.75, 3.05) is 18.4 Å². The summed E-state index contributed by atoms with van der Waals surface area (Å²) in [5.74, 6) is -0.322. The van der Waals surface area contributed by atoms with Gasteiger partial charge in [0.15, 0.2) is 0 Å². The van der Waals surface area contributed by atoms with E-state index in [1.807, 2.05) is 48.2 Å². The minimum atomic E-state index is -0.253. The molecule has 2 aromatic carbocycles. The number of para-hydroxylation sites is 1. The average molecular weight is 286 g/mol. The number of carbonyl (C=O) groups excluding carboxylic acids is 1. The maximum Gasteiger partial charge on any atom is 0.238 e. The van der Waals surface area contributed by atoms with Gasteiger partial charge in [0.2, 0.25) is 5.91 Å². The Balaban J connectivity index is 1.91. The lowest BCUT2D eigenvalue weighted by molar-refractivity contribution is -0.117. The zero-order valence-electron chi connectivity index (χ0n) is 12.1. The average Bonchev–Trinajstić information content (AvgIpc) is 2.47. The highest BCUT2D eigenvalue weighted by Crippen LogP contribution is 2.08. The Hall–Kier alpha value is -2.20. The van der Waals surface area contributed by atoms with Crippen LogP contribution in [0.15, 0.2) is 54.6 Å². The third-order valence-corrected chi connectivity index (χ3v) is 3.17. The molecule has 0 aliphatic heterocycles. The number of rotatable bonds is 6. The van der Waals surface area contributed by atoms with Crippen molar-refractivity contribution < 1.29 is 9.18 Å². The predicted octanol–water partition coefficient (Wildman–Crippen LogP) is 3.29. The van der Waals surface area contributed by atoms with Crippen molar-refractivity contribution in [2.24, 2.45) is 0 Å². The second kappa shape index (κ2) is 7.55. The largest absolute Gasteiger partial charge is 0.325 e. The highest BCUT2D eigenvalue weighted by atomic mass is 19.1. The highest BCUT2D eigenvalue weighted by Gasteiger charge is 2.10. The molecule has 0 aromatic heterocycles. The van der Waals surface area contributed by atoms with Gasteiger partial charge in [0.05, 0.1) is 6.54 Å². The zero-order chi connectivity index (χ0) is 15.1. The van der Waals surface area contributed by atoms with Gasteiger partial charge in [0.25, 0.3) is 0 Å². The van der Waals surface area contributed by atoms with Crippen molar-refractivity contribution in [3.8, 4) is 0 Å². The minimum absolute atomic E-state index is 0.0700. The van der Waals surface area contributed by atoms with Crippen molar-refractivity contribution in [1.82, 2.24) is 4.90 Å². The summed E-state index contributed by atoms with van der Waals surface area (Å²) >= 11 is 0. The summed E-state index contributed by atoms with van der Waals surface area (Å²) < 4.78 is 13.2. The molecule has 1 N–H and O–H groups in total. The molecule has 3 nitrogen and oxygen atoms in total. The molecule has 0 unspecified atom stereocenters. The molecule has 21 heavy (non-hydrogen) atoms. The quantitative estimate of drug-likeness (QED) is 0.883. The summed E-state index contributed by atoms with van der Waals surface area (Å²) in [5, 5.41) is 2.85. The van der Waals surface area contributed by atoms with Crippen molar-refractivity contribution in [2.45, 2.75) is 13.5 Å². The first-order valence-corrected chi connectivity index (χ1v) is 6.99. The molecule has 2 aromatic rings. The van der Waals surface area contributed by atoms with E-state index in [1.54, 1.807) is 6.07 Å². The smallest absolute Gasteiger partial charge is 0.238 e. The lowest BCUT2D eigenvalue weighted by Gasteiger charge is -2.20. The number of halogens is 1. The molecule has 0 bridgehead atoms. The van der Waals surface area contributed by atoms with Crippen molar-refractivity contribution in [3.63, 3.8) is 0 Å². The predicted molar refractivity (Wildman–Crippen MR) is 82.4 cm³/mol. The number of benzene rings is 2. The molecule has 0 spiro atoms. The van der Waals surface area contributed by atoms with Crippen LogP contribution in [0.3, 0.4) is 0 Å². The van der Waals surface area contributed by atoms with E-state index < -0.39 is 0 Å². The van der Waals surface area contributed by atoms with E-state index in [1.165, 1.54) is 12.1 Å². The van der Waals surface area contributed by atoms with Crippen molar-refractivity contribution >= 4 is 11.6 Å². The second-order valence-corrected chi connectivity index (χ2v) is 4.85. The Morgan fingerprint density at radius 3 is 2.57 bits per heavy atom. The maximum atomic E-state index is 13.2. The molecule has 0 saturated heterocycles. The number of anilines is 1. The maximum absolute atomic E-state index is 13.2. The van der Waals surface area contributed by atoms with Crippen LogP contribution < -0.4 is 5.32 Å². The van der Waals surface area contributed by atoms with E-state index >= 15 is 0 Å². The van der Waals surface area contributed by atoms with Gasteiger partial charge in [-0.1, -0.05) is 37.3 Å². The summed E-state index contributed by atoms with van der Waals surface area (Å²) in [5.41, 5.74) is 1.65. The first kappa shape index (κ1) is 15.2. The van der Waals surface area contributed by atoms with Crippen molar-refractivity contribution in [3.05, 3.63) is 66.0 Å². The summed E-state index contributed by atoms with van der Waals surface area (Å²) in [7, 11) is 0. The fraction of sp³-hybridized carbons (Fsp3) is 0.235. The van der Waals surface area contributed by atoms with E-state index in [0.29, 0.717) is 6.54 Å². The fourth-order valence-electron chi connectivity index (χ4n) is 2.10. The van der Waals surface area contributed by atoms with E-state index in [4.69, 9.17) is 0 Å². The van der Waals surface area contributed by atoms with Crippen LogP contribution >= 0.6 is 0 Å². The van der Waals surface area contributed by atoms with Gasteiger partial charge in [0.1, 0.15) is 5.82 Å². The number of carbonyl (C=O) groups is 1. The molecule has 0 radical (unpaired) electrons. The van der Waals surface area contributed by atoms with E-state index in [-0.39, 0.29) is 18.3 Å². The Labute approximate surface area is 124 Å². The SMILES string of the molecule is CCN(CC(=O)Nc1ccccc1)Cc1cccc(F)c1. The molecule has 1 amide bonds. The lowest BCUT2D eigenvalue weighted by atomic mass is 10.2. The fourth-order valence-corrected chi connectivity index (χ4v) is 2.10. The van der Waals surface area contributed by atoms with Crippen LogP contribution in [0.2, 0.25) is 0 Å². The molecule has 110 valence electrons. The highest BCUT2D eigenvalue weighted by molar-refractivity contribution is 5.92. The van der Waals surface area contributed by atoms with Crippen LogP contribution in [0.5, 0.6) is 0 Å². The topological polar surface area (TPSA) is 32.3 Å². The standard InChI is InChI=1S/C17H19FN2O/c1-2-20(12-14-7-6-8-15(18)11-14)13-17(21)19-16-9-4-3-5-10-16/h3-11H,2,12-13H2,1H3,(H,19,21). The number of nitrogens with zero attached hydrogens (tertiary/aromatic N) is 1. The number of nitrogens with one attached hydrogen (secondary N) is 1. The Morgan fingerprint density at radius 1 is 1.14 bits per heavy atom. The first-order valence-electron chi connectivity index (χ1n) is 6.99. The molecule has 0 saturated carbocycles.